The summed E-state index contributed by atoms with van der Waals surface area (Å²) in [6, 6.07) is 6.91. The van der Waals surface area contributed by atoms with Crippen LogP contribution in [0.2, 0.25) is 0 Å². The Labute approximate surface area is 137 Å². The van der Waals surface area contributed by atoms with Crippen molar-refractivity contribution in [2.24, 2.45) is 11.7 Å². The average molecular weight is 326 g/mol. The van der Waals surface area contributed by atoms with Crippen molar-refractivity contribution in [3.05, 3.63) is 35.4 Å². The van der Waals surface area contributed by atoms with E-state index in [0.29, 0.717) is 36.7 Å². The van der Waals surface area contributed by atoms with Gasteiger partial charge < -0.3 is 16.0 Å². The summed E-state index contributed by atoms with van der Waals surface area (Å²) in [5, 5.41) is 2.82. The second-order valence-electron chi connectivity index (χ2n) is 5.48. The van der Waals surface area contributed by atoms with Crippen LogP contribution < -0.4 is 11.1 Å². The van der Waals surface area contributed by atoms with Crippen LogP contribution in [0.1, 0.15) is 40.5 Å². The van der Waals surface area contributed by atoms with Crippen molar-refractivity contribution in [3.8, 4) is 0 Å². The Morgan fingerprint density at radius 2 is 2.09 bits per heavy atom. The zero-order chi connectivity index (χ0) is 15.2. The normalized spacial score (nSPS) is 17.0. The highest BCUT2D eigenvalue weighted by atomic mass is 35.5. The molecule has 1 fully saturated rings. The standard InChI is InChI=1S/C16H23N3O2.ClH/c1-2-7-18-15(20)13-4-3-5-14(9-13)16(21)19-8-6-12(10-17)11-19;/h3-5,9,12H,2,6-8,10-11,17H2,1H3,(H,18,20);1H. The summed E-state index contributed by atoms with van der Waals surface area (Å²) in [7, 11) is 0. The SMILES string of the molecule is CCCNC(=O)c1cccc(C(=O)N2CCC(CN)C2)c1.Cl. The molecule has 1 aliphatic rings. The Morgan fingerprint density at radius 1 is 1.36 bits per heavy atom. The number of carbonyl (C=O) groups is 2. The van der Waals surface area contributed by atoms with Gasteiger partial charge in [0.1, 0.15) is 0 Å². The molecule has 1 saturated heterocycles. The molecule has 2 amide bonds. The van der Waals surface area contributed by atoms with E-state index in [9.17, 15) is 9.59 Å². The van der Waals surface area contributed by atoms with Crippen molar-refractivity contribution >= 4 is 24.2 Å². The summed E-state index contributed by atoms with van der Waals surface area (Å²) in [4.78, 5) is 26.2. The molecule has 1 aromatic carbocycles. The van der Waals surface area contributed by atoms with Gasteiger partial charge >= 0.3 is 0 Å². The Balaban J connectivity index is 0.00000242. The minimum absolute atomic E-state index is 0. The molecule has 0 spiro atoms. The highest BCUT2D eigenvalue weighted by molar-refractivity contribution is 5.99. The van der Waals surface area contributed by atoms with Crippen molar-refractivity contribution in [2.45, 2.75) is 19.8 Å². The first-order valence-electron chi connectivity index (χ1n) is 7.53. The molecule has 0 bridgehead atoms. The molecule has 0 aliphatic carbocycles. The van der Waals surface area contributed by atoms with Gasteiger partial charge in [0, 0.05) is 30.8 Å². The molecule has 1 atom stereocenters. The number of amides is 2. The van der Waals surface area contributed by atoms with Gasteiger partial charge in [-0.15, -0.1) is 12.4 Å². The van der Waals surface area contributed by atoms with E-state index in [1.165, 1.54) is 0 Å². The average Bonchev–Trinajstić information content (AvgIpc) is 3.01. The molecular weight excluding hydrogens is 302 g/mol. The zero-order valence-electron chi connectivity index (χ0n) is 12.9. The number of nitrogens with zero attached hydrogens (tertiary/aromatic N) is 1. The molecule has 1 aromatic rings. The quantitative estimate of drug-likeness (QED) is 0.864. The second-order valence-corrected chi connectivity index (χ2v) is 5.48. The third kappa shape index (κ3) is 4.45. The van der Waals surface area contributed by atoms with Gasteiger partial charge in [0.15, 0.2) is 0 Å². The molecule has 1 aliphatic heterocycles. The third-order valence-electron chi connectivity index (χ3n) is 3.81. The van der Waals surface area contributed by atoms with E-state index in [1.807, 2.05) is 11.8 Å². The molecule has 0 saturated carbocycles. The number of carbonyl (C=O) groups excluding carboxylic acids is 2. The van der Waals surface area contributed by atoms with Crippen LogP contribution in [0.5, 0.6) is 0 Å². The summed E-state index contributed by atoms with van der Waals surface area (Å²) in [5.74, 6) is 0.244. The molecule has 22 heavy (non-hydrogen) atoms. The maximum atomic E-state index is 12.5. The molecular formula is C16H24ClN3O2. The zero-order valence-corrected chi connectivity index (χ0v) is 13.7. The Hall–Kier alpha value is -1.59. The number of nitrogens with two attached hydrogens (primary N) is 1. The van der Waals surface area contributed by atoms with Crippen LogP contribution >= 0.6 is 12.4 Å². The van der Waals surface area contributed by atoms with E-state index in [-0.39, 0.29) is 24.2 Å². The van der Waals surface area contributed by atoms with Gasteiger partial charge in [-0.25, -0.2) is 0 Å². The summed E-state index contributed by atoms with van der Waals surface area (Å²) < 4.78 is 0. The number of hydrogen-bond donors (Lipinski definition) is 2. The number of halogens is 1. The molecule has 1 unspecified atom stereocenters. The van der Waals surface area contributed by atoms with Gasteiger partial charge in [0.25, 0.3) is 11.8 Å². The molecule has 3 N–H and O–H groups in total. The van der Waals surface area contributed by atoms with Gasteiger partial charge in [-0.1, -0.05) is 13.0 Å². The fourth-order valence-corrected chi connectivity index (χ4v) is 2.53. The Bertz CT molecular complexity index is 522. The first-order valence-corrected chi connectivity index (χ1v) is 7.53. The number of benzene rings is 1. The molecule has 122 valence electrons. The van der Waals surface area contributed by atoms with E-state index in [2.05, 4.69) is 5.32 Å². The molecule has 1 heterocycles. The fraction of sp³-hybridized carbons (Fsp3) is 0.500. The van der Waals surface area contributed by atoms with Crippen LogP contribution in [-0.4, -0.2) is 42.9 Å². The van der Waals surface area contributed by atoms with Gasteiger partial charge in [-0.2, -0.15) is 0 Å². The van der Waals surface area contributed by atoms with E-state index in [4.69, 9.17) is 5.73 Å². The van der Waals surface area contributed by atoms with E-state index in [0.717, 1.165) is 19.4 Å². The summed E-state index contributed by atoms with van der Waals surface area (Å²) in [5.41, 5.74) is 6.75. The van der Waals surface area contributed by atoms with Gasteiger partial charge in [0.2, 0.25) is 0 Å². The highest BCUT2D eigenvalue weighted by Crippen LogP contribution is 2.18. The lowest BCUT2D eigenvalue weighted by Crippen LogP contribution is -2.30. The maximum absolute atomic E-state index is 12.5. The maximum Gasteiger partial charge on any atom is 0.253 e. The monoisotopic (exact) mass is 325 g/mol. The lowest BCUT2D eigenvalue weighted by molar-refractivity contribution is 0.0787. The van der Waals surface area contributed by atoms with Crippen LogP contribution in [0.25, 0.3) is 0 Å². The summed E-state index contributed by atoms with van der Waals surface area (Å²) >= 11 is 0. The molecule has 2 rings (SSSR count). The lowest BCUT2D eigenvalue weighted by atomic mass is 10.1. The van der Waals surface area contributed by atoms with Crippen LogP contribution in [0.3, 0.4) is 0 Å². The Morgan fingerprint density at radius 3 is 2.73 bits per heavy atom. The first kappa shape index (κ1) is 18.5. The van der Waals surface area contributed by atoms with Crippen molar-refractivity contribution < 1.29 is 9.59 Å². The number of rotatable bonds is 5. The van der Waals surface area contributed by atoms with E-state index in [1.54, 1.807) is 24.3 Å². The molecule has 0 aromatic heterocycles. The molecule has 0 radical (unpaired) electrons. The predicted octanol–water partition coefficient (Wildman–Crippen LogP) is 1.67. The molecule has 5 nitrogen and oxygen atoms in total. The molecule has 6 heteroatoms. The largest absolute Gasteiger partial charge is 0.352 e. The fourth-order valence-electron chi connectivity index (χ4n) is 2.53. The Kier molecular flexibility index (Phi) is 7.35. The summed E-state index contributed by atoms with van der Waals surface area (Å²) in [6.07, 6.45) is 1.84. The number of likely N-dealkylation sites (tertiary alicyclic amines) is 1. The van der Waals surface area contributed by atoms with E-state index < -0.39 is 0 Å². The highest BCUT2D eigenvalue weighted by Gasteiger charge is 2.26. The predicted molar refractivity (Wildman–Crippen MR) is 89.4 cm³/mol. The van der Waals surface area contributed by atoms with Crippen LogP contribution in [0.15, 0.2) is 24.3 Å². The second kappa shape index (κ2) is 8.76. The van der Waals surface area contributed by atoms with E-state index >= 15 is 0 Å². The van der Waals surface area contributed by atoms with Crippen molar-refractivity contribution in [3.63, 3.8) is 0 Å². The van der Waals surface area contributed by atoms with Crippen LogP contribution in [-0.2, 0) is 0 Å². The first-order chi connectivity index (χ1) is 10.2. The van der Waals surface area contributed by atoms with Gasteiger partial charge in [-0.3, -0.25) is 9.59 Å². The number of nitrogens with one attached hydrogen (secondary N) is 1. The van der Waals surface area contributed by atoms with Crippen LogP contribution in [0, 0.1) is 5.92 Å². The topological polar surface area (TPSA) is 75.4 Å². The third-order valence-corrected chi connectivity index (χ3v) is 3.81. The van der Waals surface area contributed by atoms with Crippen molar-refractivity contribution in [2.75, 3.05) is 26.2 Å². The van der Waals surface area contributed by atoms with Gasteiger partial charge in [-0.05, 0) is 43.5 Å². The van der Waals surface area contributed by atoms with Gasteiger partial charge in [0.05, 0.1) is 0 Å². The van der Waals surface area contributed by atoms with Crippen LogP contribution in [0.4, 0.5) is 0 Å². The minimum atomic E-state index is -0.132. The summed E-state index contributed by atoms with van der Waals surface area (Å²) in [6.45, 7) is 4.71. The minimum Gasteiger partial charge on any atom is -0.352 e. The van der Waals surface area contributed by atoms with Crippen molar-refractivity contribution in [1.82, 2.24) is 10.2 Å². The number of hydrogen-bond acceptors (Lipinski definition) is 3. The smallest absolute Gasteiger partial charge is 0.253 e. The lowest BCUT2D eigenvalue weighted by Gasteiger charge is -2.16. The van der Waals surface area contributed by atoms with Crippen molar-refractivity contribution in [1.29, 1.82) is 0 Å².